The second kappa shape index (κ2) is 11.0. The number of carbonyl (C=O) groups is 1. The number of piperazine rings is 1. The summed E-state index contributed by atoms with van der Waals surface area (Å²) in [6, 6.07) is 21.8. The van der Waals surface area contributed by atoms with Crippen LogP contribution in [0, 0.1) is 13.8 Å². The Morgan fingerprint density at radius 2 is 1.67 bits per heavy atom. The van der Waals surface area contributed by atoms with E-state index in [0.717, 1.165) is 76.5 Å². The molecular weight excluding hydrogens is 574 g/mol. The highest BCUT2D eigenvalue weighted by Crippen LogP contribution is 2.40. The van der Waals surface area contributed by atoms with Crippen molar-refractivity contribution < 1.29 is 4.79 Å². The third-order valence-corrected chi connectivity index (χ3v) is 9.57. The van der Waals surface area contributed by atoms with Crippen LogP contribution < -0.4 is 5.56 Å². The molecule has 0 unspecified atom stereocenters. The number of aromatic amines is 1. The number of carbonyl (C=O) groups excluding carboxylic acids is 1. The third kappa shape index (κ3) is 4.87. The lowest BCUT2D eigenvalue weighted by atomic mass is 10.0. The molecule has 1 aliphatic carbocycles. The van der Waals surface area contributed by atoms with Gasteiger partial charge in [-0.3, -0.25) is 14.2 Å². The van der Waals surface area contributed by atoms with Crippen molar-refractivity contribution in [2.75, 3.05) is 33.2 Å². The van der Waals surface area contributed by atoms with Gasteiger partial charge in [0.25, 0.3) is 11.5 Å². The Morgan fingerprint density at radius 1 is 0.891 bits per heavy atom. The Balaban J connectivity index is 1.14. The van der Waals surface area contributed by atoms with Gasteiger partial charge in [0.15, 0.2) is 0 Å². The Morgan fingerprint density at radius 3 is 2.43 bits per heavy atom. The van der Waals surface area contributed by atoms with E-state index in [-0.39, 0.29) is 11.5 Å². The molecule has 1 N–H and O–H groups in total. The van der Waals surface area contributed by atoms with E-state index >= 15 is 0 Å². The average Bonchev–Trinajstić information content (AvgIpc) is 3.83. The molecule has 4 heterocycles. The molecule has 1 saturated heterocycles. The SMILES string of the molecule is Cc1c(-c2ncnc3[nH]c(-c4ccc(C(=O)N5CCN(C)CC5)cc4)cc23)cccc1-n1c(C)nc2cc(C3CC3)ccc2c1=O. The van der Waals surface area contributed by atoms with Gasteiger partial charge in [-0.05, 0) is 92.7 Å². The molecule has 0 bridgehead atoms. The Bertz CT molecular complexity index is 2200. The van der Waals surface area contributed by atoms with E-state index in [1.54, 1.807) is 10.9 Å². The van der Waals surface area contributed by atoms with E-state index in [2.05, 4.69) is 40.1 Å². The number of rotatable bonds is 5. The molecule has 2 aliphatic rings. The maximum absolute atomic E-state index is 13.9. The third-order valence-electron chi connectivity index (χ3n) is 9.57. The van der Waals surface area contributed by atoms with Crippen LogP contribution in [0.15, 0.2) is 77.9 Å². The number of nitrogens with one attached hydrogen (secondary N) is 1. The molecule has 1 saturated carbocycles. The fourth-order valence-corrected chi connectivity index (χ4v) is 6.68. The Hall–Kier alpha value is -5.15. The smallest absolute Gasteiger partial charge is 0.265 e. The minimum Gasteiger partial charge on any atom is -0.339 e. The maximum Gasteiger partial charge on any atom is 0.265 e. The first-order chi connectivity index (χ1) is 22.4. The van der Waals surface area contributed by atoms with Crippen LogP contribution in [0.3, 0.4) is 0 Å². The second-order valence-corrected chi connectivity index (χ2v) is 12.6. The van der Waals surface area contributed by atoms with Gasteiger partial charge in [0.2, 0.25) is 0 Å². The molecule has 0 radical (unpaired) electrons. The predicted molar refractivity (Wildman–Crippen MR) is 181 cm³/mol. The predicted octanol–water partition coefficient (Wildman–Crippen LogP) is 5.87. The number of benzene rings is 3. The fraction of sp³-hybridized carbons (Fsp3) is 0.270. The molecular formula is C37H35N7O2. The van der Waals surface area contributed by atoms with Crippen LogP contribution in [-0.4, -0.2) is 73.4 Å². The first-order valence-electron chi connectivity index (χ1n) is 15.9. The molecule has 1 aliphatic heterocycles. The van der Waals surface area contributed by atoms with E-state index < -0.39 is 0 Å². The van der Waals surface area contributed by atoms with E-state index in [4.69, 9.17) is 9.97 Å². The number of aromatic nitrogens is 5. The largest absolute Gasteiger partial charge is 0.339 e. The van der Waals surface area contributed by atoms with Crippen LogP contribution in [-0.2, 0) is 0 Å². The Labute approximate surface area is 266 Å². The molecule has 9 heteroatoms. The summed E-state index contributed by atoms with van der Waals surface area (Å²) < 4.78 is 1.71. The molecule has 230 valence electrons. The van der Waals surface area contributed by atoms with Crippen molar-refractivity contribution in [2.24, 2.45) is 0 Å². The highest BCUT2D eigenvalue weighted by atomic mass is 16.2. The number of likely N-dealkylation sites (N-methyl/N-ethyl adjacent to an activating group) is 1. The van der Waals surface area contributed by atoms with Crippen LogP contribution in [0.2, 0.25) is 0 Å². The van der Waals surface area contributed by atoms with Gasteiger partial charge in [-0.1, -0.05) is 30.3 Å². The van der Waals surface area contributed by atoms with E-state index in [9.17, 15) is 9.59 Å². The maximum atomic E-state index is 13.9. The summed E-state index contributed by atoms with van der Waals surface area (Å²) in [7, 11) is 2.08. The topological polar surface area (TPSA) is 100 Å². The highest BCUT2D eigenvalue weighted by Gasteiger charge is 2.25. The fourth-order valence-electron chi connectivity index (χ4n) is 6.68. The normalized spacial score (nSPS) is 15.6. The van der Waals surface area contributed by atoms with Crippen molar-refractivity contribution in [3.05, 3.63) is 106 Å². The van der Waals surface area contributed by atoms with Crippen molar-refractivity contribution in [2.45, 2.75) is 32.6 Å². The average molecular weight is 610 g/mol. The number of fused-ring (bicyclic) bond motifs is 2. The van der Waals surface area contributed by atoms with Crippen LogP contribution >= 0.6 is 0 Å². The minimum atomic E-state index is -0.0728. The zero-order valence-electron chi connectivity index (χ0n) is 26.2. The molecule has 8 rings (SSSR count). The van der Waals surface area contributed by atoms with Crippen LogP contribution in [0.5, 0.6) is 0 Å². The molecule has 3 aromatic heterocycles. The van der Waals surface area contributed by atoms with E-state index in [0.29, 0.717) is 22.7 Å². The van der Waals surface area contributed by atoms with Gasteiger partial charge in [0, 0.05) is 48.4 Å². The molecule has 2 fully saturated rings. The van der Waals surface area contributed by atoms with E-state index in [1.807, 2.05) is 67.3 Å². The number of H-pyrrole nitrogens is 1. The van der Waals surface area contributed by atoms with Gasteiger partial charge in [-0.25, -0.2) is 15.0 Å². The van der Waals surface area contributed by atoms with Gasteiger partial charge >= 0.3 is 0 Å². The van der Waals surface area contributed by atoms with Crippen molar-refractivity contribution in [1.82, 2.24) is 34.3 Å². The number of hydrogen-bond acceptors (Lipinski definition) is 6. The summed E-state index contributed by atoms with van der Waals surface area (Å²) in [5.41, 5.74) is 8.61. The van der Waals surface area contributed by atoms with Crippen LogP contribution in [0.1, 0.15) is 46.1 Å². The number of nitrogens with zero attached hydrogens (tertiary/aromatic N) is 6. The van der Waals surface area contributed by atoms with Gasteiger partial charge in [-0.2, -0.15) is 0 Å². The summed E-state index contributed by atoms with van der Waals surface area (Å²) in [5, 5.41) is 1.50. The molecule has 0 atom stereocenters. The van der Waals surface area contributed by atoms with E-state index in [1.165, 1.54) is 18.4 Å². The summed E-state index contributed by atoms with van der Waals surface area (Å²) in [5.74, 6) is 1.32. The quantitative estimate of drug-likeness (QED) is 0.262. The van der Waals surface area contributed by atoms with Crippen molar-refractivity contribution in [1.29, 1.82) is 0 Å². The summed E-state index contributed by atoms with van der Waals surface area (Å²) in [6.07, 6.45) is 3.97. The summed E-state index contributed by atoms with van der Waals surface area (Å²) in [6.45, 7) is 7.18. The van der Waals surface area contributed by atoms with Crippen molar-refractivity contribution in [3.8, 4) is 28.2 Å². The van der Waals surface area contributed by atoms with Crippen molar-refractivity contribution >= 4 is 27.8 Å². The second-order valence-electron chi connectivity index (χ2n) is 12.6. The first kappa shape index (κ1) is 28.3. The minimum absolute atomic E-state index is 0.0683. The van der Waals surface area contributed by atoms with Crippen LogP contribution in [0.25, 0.3) is 50.1 Å². The highest BCUT2D eigenvalue weighted by molar-refractivity contribution is 5.97. The zero-order valence-corrected chi connectivity index (χ0v) is 26.2. The summed E-state index contributed by atoms with van der Waals surface area (Å²) in [4.78, 5) is 48.6. The van der Waals surface area contributed by atoms with Crippen LogP contribution in [0.4, 0.5) is 0 Å². The van der Waals surface area contributed by atoms with Gasteiger partial charge in [0.1, 0.15) is 17.8 Å². The lowest BCUT2D eigenvalue weighted by Gasteiger charge is -2.32. The standard InChI is InChI=1S/C37H35N7O2/c1-22-28(5-4-6-33(22)44-23(2)40-32-19-27(24-7-8-24)13-14-29(32)37(44)46)34-30-20-31(41-35(30)39-21-38-34)25-9-11-26(12-10-25)36(45)43-17-15-42(3)16-18-43/h4-6,9-14,19-21,24H,7-8,15-18H2,1-3H3,(H,38,39,41). The monoisotopic (exact) mass is 609 g/mol. The number of aryl methyl sites for hydroxylation is 1. The molecule has 3 aromatic carbocycles. The van der Waals surface area contributed by atoms with Gasteiger partial charge in [0.05, 0.1) is 22.3 Å². The molecule has 1 amide bonds. The summed E-state index contributed by atoms with van der Waals surface area (Å²) >= 11 is 0. The Kier molecular flexibility index (Phi) is 6.79. The van der Waals surface area contributed by atoms with Crippen molar-refractivity contribution in [3.63, 3.8) is 0 Å². The number of hydrogen-bond donors (Lipinski definition) is 1. The molecule has 9 nitrogen and oxygen atoms in total. The lowest BCUT2D eigenvalue weighted by Crippen LogP contribution is -2.47. The molecule has 6 aromatic rings. The molecule has 0 spiro atoms. The molecule has 46 heavy (non-hydrogen) atoms. The van der Waals surface area contributed by atoms with Gasteiger partial charge < -0.3 is 14.8 Å². The number of amides is 1. The lowest BCUT2D eigenvalue weighted by molar-refractivity contribution is 0.0664. The first-order valence-corrected chi connectivity index (χ1v) is 15.9. The van der Waals surface area contributed by atoms with Gasteiger partial charge in [-0.15, -0.1) is 0 Å². The zero-order chi connectivity index (χ0) is 31.5.